The van der Waals surface area contributed by atoms with E-state index in [0.717, 1.165) is 6.42 Å². The van der Waals surface area contributed by atoms with E-state index in [4.69, 9.17) is 16.3 Å². The number of hydrogen-bond acceptors (Lipinski definition) is 2. The van der Waals surface area contributed by atoms with E-state index in [1.54, 1.807) is 0 Å². The first-order valence-electron chi connectivity index (χ1n) is 9.96. The highest BCUT2D eigenvalue weighted by molar-refractivity contribution is 6.21. The number of alkyl halides is 1. The molecule has 0 rings (SSSR count). The van der Waals surface area contributed by atoms with Crippen LogP contribution >= 0.6 is 11.6 Å². The lowest BCUT2D eigenvalue weighted by Gasteiger charge is -2.06. The minimum atomic E-state index is -0.165. The Kier molecular flexibility index (Phi) is 17.9. The number of carbonyl (C=O) groups excluding carboxylic acids is 1. The fourth-order valence-electron chi connectivity index (χ4n) is 2.77. The van der Waals surface area contributed by atoms with Gasteiger partial charge in [0.05, 0.1) is 13.0 Å². The van der Waals surface area contributed by atoms with Gasteiger partial charge in [0, 0.05) is 5.38 Å². The summed E-state index contributed by atoms with van der Waals surface area (Å²) in [6.07, 6.45) is 19.1. The Morgan fingerprint density at radius 2 is 1.17 bits per heavy atom. The van der Waals surface area contributed by atoms with Crippen LogP contribution in [-0.2, 0) is 9.53 Å². The molecular formula is C20H39ClO2. The smallest absolute Gasteiger partial charge is 0.307 e. The molecule has 3 heteroatoms. The normalized spacial score (nSPS) is 12.3. The Labute approximate surface area is 149 Å². The Bertz CT molecular complexity index is 254. The average molecular weight is 347 g/mol. The second-order valence-electron chi connectivity index (χ2n) is 6.80. The van der Waals surface area contributed by atoms with Gasteiger partial charge in [-0.25, -0.2) is 0 Å². The van der Waals surface area contributed by atoms with Crippen molar-refractivity contribution in [2.75, 3.05) is 6.61 Å². The van der Waals surface area contributed by atoms with Crippen LogP contribution in [0.4, 0.5) is 0 Å². The average Bonchev–Trinajstić information content (AvgIpc) is 2.50. The Hall–Kier alpha value is -0.240. The summed E-state index contributed by atoms with van der Waals surface area (Å²) in [5.74, 6) is -0.165. The van der Waals surface area contributed by atoms with Gasteiger partial charge in [-0.15, -0.1) is 11.6 Å². The SMILES string of the molecule is CCCCCCCCCCCCCCCCOC(=O)CC(C)Cl. The van der Waals surface area contributed by atoms with Gasteiger partial charge in [-0.3, -0.25) is 4.79 Å². The van der Waals surface area contributed by atoms with E-state index in [9.17, 15) is 4.79 Å². The Morgan fingerprint density at radius 1 is 0.783 bits per heavy atom. The van der Waals surface area contributed by atoms with Crippen molar-refractivity contribution in [2.45, 2.75) is 116 Å². The maximum Gasteiger partial charge on any atom is 0.307 e. The molecule has 0 saturated heterocycles. The molecule has 0 fully saturated rings. The van der Waals surface area contributed by atoms with Crippen molar-refractivity contribution in [1.82, 2.24) is 0 Å². The quantitative estimate of drug-likeness (QED) is 0.160. The fraction of sp³-hybridized carbons (Fsp3) is 0.950. The molecule has 23 heavy (non-hydrogen) atoms. The predicted octanol–water partition coefficient (Wildman–Crippen LogP) is 7.03. The summed E-state index contributed by atoms with van der Waals surface area (Å²) >= 11 is 5.74. The van der Waals surface area contributed by atoms with Gasteiger partial charge in [-0.2, -0.15) is 0 Å². The summed E-state index contributed by atoms with van der Waals surface area (Å²) in [6, 6.07) is 0. The molecule has 0 saturated carbocycles. The zero-order chi connectivity index (χ0) is 17.2. The molecule has 0 aromatic carbocycles. The second-order valence-corrected chi connectivity index (χ2v) is 7.55. The summed E-state index contributed by atoms with van der Waals surface area (Å²) in [6.45, 7) is 4.64. The maximum absolute atomic E-state index is 11.3. The van der Waals surface area contributed by atoms with Gasteiger partial charge in [-0.1, -0.05) is 90.4 Å². The van der Waals surface area contributed by atoms with E-state index < -0.39 is 0 Å². The summed E-state index contributed by atoms with van der Waals surface area (Å²) < 4.78 is 5.14. The molecule has 0 aromatic rings. The highest BCUT2D eigenvalue weighted by Crippen LogP contribution is 2.13. The number of unbranched alkanes of at least 4 members (excludes halogenated alkanes) is 13. The molecule has 0 amide bonds. The van der Waals surface area contributed by atoms with Gasteiger partial charge in [0.25, 0.3) is 0 Å². The third kappa shape index (κ3) is 19.7. The molecule has 0 aliphatic heterocycles. The van der Waals surface area contributed by atoms with E-state index in [1.807, 2.05) is 6.92 Å². The fourth-order valence-corrected chi connectivity index (χ4v) is 2.90. The number of hydrogen-bond donors (Lipinski definition) is 0. The van der Waals surface area contributed by atoms with Crippen LogP contribution in [0.15, 0.2) is 0 Å². The zero-order valence-corrected chi connectivity index (χ0v) is 16.3. The molecule has 0 aliphatic carbocycles. The topological polar surface area (TPSA) is 26.3 Å². The number of halogens is 1. The molecule has 0 aliphatic rings. The number of carbonyl (C=O) groups is 1. The molecule has 138 valence electrons. The van der Waals surface area contributed by atoms with Crippen molar-refractivity contribution in [2.24, 2.45) is 0 Å². The predicted molar refractivity (Wildman–Crippen MR) is 101 cm³/mol. The molecule has 0 radical (unpaired) electrons. The first kappa shape index (κ1) is 22.8. The van der Waals surface area contributed by atoms with Crippen LogP contribution in [0.2, 0.25) is 0 Å². The lowest BCUT2D eigenvalue weighted by atomic mass is 10.0. The minimum absolute atomic E-state index is 0.126. The van der Waals surface area contributed by atoms with Gasteiger partial charge < -0.3 is 4.74 Å². The van der Waals surface area contributed by atoms with Crippen LogP contribution in [0, 0.1) is 0 Å². The number of rotatable bonds is 17. The molecule has 0 heterocycles. The number of ether oxygens (including phenoxy) is 1. The van der Waals surface area contributed by atoms with Gasteiger partial charge in [0.15, 0.2) is 0 Å². The van der Waals surface area contributed by atoms with Crippen LogP contribution in [0.5, 0.6) is 0 Å². The van der Waals surface area contributed by atoms with Crippen LogP contribution in [0.1, 0.15) is 110 Å². The first-order valence-corrected chi connectivity index (χ1v) is 10.4. The lowest BCUT2D eigenvalue weighted by Crippen LogP contribution is -2.10. The highest BCUT2D eigenvalue weighted by atomic mass is 35.5. The monoisotopic (exact) mass is 346 g/mol. The van der Waals surface area contributed by atoms with Crippen molar-refractivity contribution in [3.63, 3.8) is 0 Å². The van der Waals surface area contributed by atoms with Crippen molar-refractivity contribution >= 4 is 17.6 Å². The summed E-state index contributed by atoms with van der Waals surface area (Å²) in [4.78, 5) is 11.3. The standard InChI is InChI=1S/C20H39ClO2/c1-3-4-5-6-7-8-9-10-11-12-13-14-15-16-17-23-20(22)18-19(2)21/h19H,3-18H2,1-2H3. The van der Waals surface area contributed by atoms with E-state index >= 15 is 0 Å². The van der Waals surface area contributed by atoms with Crippen LogP contribution in [-0.4, -0.2) is 18.0 Å². The van der Waals surface area contributed by atoms with E-state index in [2.05, 4.69) is 6.92 Å². The molecule has 1 unspecified atom stereocenters. The third-order valence-electron chi connectivity index (χ3n) is 4.21. The van der Waals surface area contributed by atoms with Crippen LogP contribution < -0.4 is 0 Å². The largest absolute Gasteiger partial charge is 0.466 e. The van der Waals surface area contributed by atoms with E-state index in [1.165, 1.54) is 83.5 Å². The maximum atomic E-state index is 11.3. The van der Waals surface area contributed by atoms with Crippen molar-refractivity contribution in [3.8, 4) is 0 Å². The molecule has 0 aromatic heterocycles. The summed E-state index contributed by atoms with van der Waals surface area (Å²) in [5.41, 5.74) is 0. The second kappa shape index (κ2) is 18.1. The van der Waals surface area contributed by atoms with Gasteiger partial charge in [0.2, 0.25) is 0 Å². The molecule has 0 N–H and O–H groups in total. The van der Waals surface area contributed by atoms with Crippen molar-refractivity contribution < 1.29 is 9.53 Å². The van der Waals surface area contributed by atoms with E-state index in [0.29, 0.717) is 13.0 Å². The summed E-state index contributed by atoms with van der Waals surface area (Å²) in [5, 5.41) is -0.126. The number of esters is 1. The minimum Gasteiger partial charge on any atom is -0.466 e. The summed E-state index contributed by atoms with van der Waals surface area (Å²) in [7, 11) is 0. The van der Waals surface area contributed by atoms with E-state index in [-0.39, 0.29) is 11.3 Å². The van der Waals surface area contributed by atoms with Crippen LogP contribution in [0.25, 0.3) is 0 Å². The third-order valence-corrected chi connectivity index (χ3v) is 4.36. The molecule has 0 spiro atoms. The van der Waals surface area contributed by atoms with Crippen molar-refractivity contribution in [1.29, 1.82) is 0 Å². The van der Waals surface area contributed by atoms with Crippen molar-refractivity contribution in [3.05, 3.63) is 0 Å². The Balaban J connectivity index is 3.06. The first-order chi connectivity index (χ1) is 11.2. The zero-order valence-electron chi connectivity index (χ0n) is 15.6. The van der Waals surface area contributed by atoms with Gasteiger partial charge in [0.1, 0.15) is 0 Å². The Morgan fingerprint density at radius 3 is 1.57 bits per heavy atom. The van der Waals surface area contributed by atoms with Gasteiger partial charge in [-0.05, 0) is 13.3 Å². The molecule has 2 nitrogen and oxygen atoms in total. The highest BCUT2D eigenvalue weighted by Gasteiger charge is 2.06. The lowest BCUT2D eigenvalue weighted by molar-refractivity contribution is -0.143. The molecule has 0 bridgehead atoms. The molecular weight excluding hydrogens is 308 g/mol. The van der Waals surface area contributed by atoms with Crippen LogP contribution in [0.3, 0.4) is 0 Å². The molecule has 1 atom stereocenters. The van der Waals surface area contributed by atoms with Gasteiger partial charge >= 0.3 is 5.97 Å².